The van der Waals surface area contributed by atoms with Gasteiger partial charge in [0.2, 0.25) is 0 Å². The van der Waals surface area contributed by atoms with Gasteiger partial charge in [-0.1, -0.05) is 59.8 Å². The monoisotopic (exact) mass is 379 g/mol. The molecule has 0 atom stereocenters. The number of thioether (sulfide) groups is 1. The molecule has 5 nitrogen and oxygen atoms in total. The summed E-state index contributed by atoms with van der Waals surface area (Å²) < 4.78 is 6.90. The van der Waals surface area contributed by atoms with Crippen molar-refractivity contribution >= 4 is 17.7 Å². The van der Waals surface area contributed by atoms with Gasteiger partial charge in [-0.2, -0.15) is 0 Å². The van der Waals surface area contributed by atoms with Crippen molar-refractivity contribution in [1.29, 1.82) is 0 Å². The van der Waals surface area contributed by atoms with Crippen molar-refractivity contribution in [3.8, 4) is 11.4 Å². The summed E-state index contributed by atoms with van der Waals surface area (Å²) in [6, 6.07) is 15.6. The molecule has 3 aromatic rings. The number of ether oxygens (including phenoxy) is 1. The average molecular weight is 379 g/mol. The highest BCUT2D eigenvalue weighted by atomic mass is 32.2. The van der Waals surface area contributed by atoms with E-state index in [9.17, 15) is 4.79 Å². The predicted octanol–water partition coefficient (Wildman–Crippen LogP) is 4.52. The molecule has 0 N–H and O–H groups in total. The maximum absolute atomic E-state index is 12.0. The molecule has 138 valence electrons. The zero-order valence-corrected chi connectivity index (χ0v) is 16.2. The van der Waals surface area contributed by atoms with Crippen LogP contribution in [0.25, 0.3) is 11.4 Å². The zero-order chi connectivity index (χ0) is 19.2. The molecule has 3 rings (SSSR count). The summed E-state index contributed by atoms with van der Waals surface area (Å²) in [5.74, 6) is 1.07. The number of aryl methyl sites for hydroxylation is 1. The molecule has 0 unspecified atom stereocenters. The van der Waals surface area contributed by atoms with Crippen molar-refractivity contribution in [2.75, 3.05) is 7.11 Å². The second-order valence-electron chi connectivity index (χ2n) is 6.01. The number of carbonyl (C=O) groups is 1. The van der Waals surface area contributed by atoms with E-state index in [1.165, 1.54) is 24.4 Å². The first-order valence-electron chi connectivity index (χ1n) is 8.54. The molecule has 0 saturated carbocycles. The quantitative estimate of drug-likeness (QED) is 0.343. The molecular formula is C21H21N3O2S. The van der Waals surface area contributed by atoms with Crippen LogP contribution in [0, 0.1) is 6.92 Å². The van der Waals surface area contributed by atoms with Gasteiger partial charge < -0.3 is 4.74 Å². The number of allylic oxidation sites excluding steroid dienone is 1. The summed E-state index contributed by atoms with van der Waals surface area (Å²) in [4.78, 5) is 12.0. The molecule has 0 bridgehead atoms. The maximum Gasteiger partial charge on any atom is 0.338 e. The van der Waals surface area contributed by atoms with Crippen LogP contribution in [0.3, 0.4) is 0 Å². The van der Waals surface area contributed by atoms with E-state index in [-0.39, 0.29) is 5.97 Å². The summed E-state index contributed by atoms with van der Waals surface area (Å²) in [5, 5.41) is 9.53. The van der Waals surface area contributed by atoms with Gasteiger partial charge in [-0.25, -0.2) is 4.79 Å². The molecule has 6 heteroatoms. The summed E-state index contributed by atoms with van der Waals surface area (Å²) in [7, 11) is 1.39. The minimum Gasteiger partial charge on any atom is -0.465 e. The molecule has 0 saturated heterocycles. The third-order valence-electron chi connectivity index (χ3n) is 4.08. The van der Waals surface area contributed by atoms with E-state index in [2.05, 4.69) is 35.8 Å². The number of nitrogens with zero attached hydrogens (tertiary/aromatic N) is 3. The van der Waals surface area contributed by atoms with E-state index >= 15 is 0 Å². The van der Waals surface area contributed by atoms with Crippen molar-refractivity contribution in [2.24, 2.45) is 0 Å². The molecule has 2 aromatic carbocycles. The van der Waals surface area contributed by atoms with E-state index < -0.39 is 0 Å². The number of aromatic nitrogens is 3. The minimum atomic E-state index is -0.334. The fraction of sp³-hybridized carbons (Fsp3) is 0.190. The standard InChI is InChI=1S/C21H21N3O2S/c1-4-12-24-19(16-10-7-8-15(2)13-16)22-23-21(24)27-14-17-9-5-6-11-18(17)20(25)26-3/h4-11,13H,1,12,14H2,2-3H3. The first-order valence-corrected chi connectivity index (χ1v) is 9.52. The Hall–Kier alpha value is -2.86. The molecule has 1 aromatic heterocycles. The van der Waals surface area contributed by atoms with Gasteiger partial charge in [0, 0.05) is 17.9 Å². The normalized spacial score (nSPS) is 10.6. The Kier molecular flexibility index (Phi) is 6.08. The van der Waals surface area contributed by atoms with Crippen LogP contribution in [0.4, 0.5) is 0 Å². The third kappa shape index (κ3) is 4.28. The lowest BCUT2D eigenvalue weighted by Gasteiger charge is -2.10. The number of hydrogen-bond acceptors (Lipinski definition) is 5. The fourth-order valence-electron chi connectivity index (χ4n) is 2.78. The Bertz CT molecular complexity index is 966. The largest absolute Gasteiger partial charge is 0.465 e. The number of rotatable bonds is 7. The van der Waals surface area contributed by atoms with Gasteiger partial charge in [0.15, 0.2) is 11.0 Å². The van der Waals surface area contributed by atoms with E-state index in [1.807, 2.05) is 41.0 Å². The topological polar surface area (TPSA) is 57.0 Å². The van der Waals surface area contributed by atoms with Crippen LogP contribution in [0.2, 0.25) is 0 Å². The van der Waals surface area contributed by atoms with Crippen LogP contribution in [-0.2, 0) is 17.0 Å². The van der Waals surface area contributed by atoms with E-state index in [4.69, 9.17) is 4.74 Å². The molecule has 0 aliphatic rings. The van der Waals surface area contributed by atoms with Crippen molar-refractivity contribution in [2.45, 2.75) is 24.4 Å². The van der Waals surface area contributed by atoms with Gasteiger partial charge in [0.05, 0.1) is 12.7 Å². The molecule has 1 heterocycles. The first-order chi connectivity index (χ1) is 13.1. The van der Waals surface area contributed by atoms with Gasteiger partial charge in [-0.3, -0.25) is 4.57 Å². The highest BCUT2D eigenvalue weighted by molar-refractivity contribution is 7.98. The van der Waals surface area contributed by atoms with E-state index in [0.29, 0.717) is 17.9 Å². The zero-order valence-electron chi connectivity index (χ0n) is 15.4. The third-order valence-corrected chi connectivity index (χ3v) is 5.10. The van der Waals surface area contributed by atoms with Gasteiger partial charge in [0.25, 0.3) is 0 Å². The lowest BCUT2D eigenvalue weighted by atomic mass is 10.1. The summed E-state index contributed by atoms with van der Waals surface area (Å²) in [6.45, 7) is 6.51. The summed E-state index contributed by atoms with van der Waals surface area (Å²) in [5.41, 5.74) is 3.66. The van der Waals surface area contributed by atoms with Crippen LogP contribution in [-0.4, -0.2) is 27.8 Å². The van der Waals surface area contributed by atoms with Gasteiger partial charge in [-0.15, -0.1) is 16.8 Å². The molecule has 0 amide bonds. The lowest BCUT2D eigenvalue weighted by Crippen LogP contribution is -2.05. The van der Waals surface area contributed by atoms with Crippen LogP contribution in [0.5, 0.6) is 0 Å². The van der Waals surface area contributed by atoms with Crippen LogP contribution in [0.1, 0.15) is 21.5 Å². The lowest BCUT2D eigenvalue weighted by molar-refractivity contribution is 0.0600. The van der Waals surface area contributed by atoms with Crippen molar-refractivity contribution in [3.63, 3.8) is 0 Å². The number of carbonyl (C=O) groups excluding carboxylic acids is 1. The van der Waals surface area contributed by atoms with Crippen LogP contribution >= 0.6 is 11.8 Å². The molecule has 0 aliphatic heterocycles. The Balaban J connectivity index is 1.88. The second kappa shape index (κ2) is 8.68. The molecule has 0 radical (unpaired) electrons. The second-order valence-corrected chi connectivity index (χ2v) is 6.95. The minimum absolute atomic E-state index is 0.334. The Morgan fingerprint density at radius 2 is 2.04 bits per heavy atom. The first kappa shape index (κ1) is 18.9. The molecule has 0 aliphatic carbocycles. The highest BCUT2D eigenvalue weighted by Crippen LogP contribution is 2.28. The predicted molar refractivity (Wildman–Crippen MR) is 108 cm³/mol. The van der Waals surface area contributed by atoms with Crippen molar-refractivity contribution in [1.82, 2.24) is 14.8 Å². The maximum atomic E-state index is 12.0. The highest BCUT2D eigenvalue weighted by Gasteiger charge is 2.16. The number of esters is 1. The van der Waals surface area contributed by atoms with Gasteiger partial charge in [0.1, 0.15) is 0 Å². The number of benzene rings is 2. The average Bonchev–Trinajstić information content (AvgIpc) is 3.09. The molecule has 27 heavy (non-hydrogen) atoms. The number of methoxy groups -OCH3 is 1. The molecule has 0 fully saturated rings. The Morgan fingerprint density at radius 1 is 1.22 bits per heavy atom. The van der Waals surface area contributed by atoms with Crippen molar-refractivity contribution in [3.05, 3.63) is 77.9 Å². The Morgan fingerprint density at radius 3 is 2.78 bits per heavy atom. The van der Waals surface area contributed by atoms with E-state index in [1.54, 1.807) is 6.07 Å². The fourth-order valence-corrected chi connectivity index (χ4v) is 3.74. The summed E-state index contributed by atoms with van der Waals surface area (Å²) in [6.07, 6.45) is 1.83. The number of hydrogen-bond donors (Lipinski definition) is 0. The summed E-state index contributed by atoms with van der Waals surface area (Å²) >= 11 is 1.54. The molecule has 0 spiro atoms. The van der Waals surface area contributed by atoms with Crippen LogP contribution < -0.4 is 0 Å². The van der Waals surface area contributed by atoms with Crippen molar-refractivity contribution < 1.29 is 9.53 Å². The smallest absolute Gasteiger partial charge is 0.338 e. The van der Waals surface area contributed by atoms with Gasteiger partial charge in [-0.05, 0) is 24.6 Å². The Labute approximate surface area is 163 Å². The molecular weight excluding hydrogens is 358 g/mol. The van der Waals surface area contributed by atoms with Gasteiger partial charge >= 0.3 is 5.97 Å². The SMILES string of the molecule is C=CCn1c(SCc2ccccc2C(=O)OC)nnc1-c1cccc(C)c1. The van der Waals surface area contributed by atoms with Crippen LogP contribution in [0.15, 0.2) is 66.3 Å². The van der Waals surface area contributed by atoms with E-state index in [0.717, 1.165) is 22.1 Å².